The van der Waals surface area contributed by atoms with Gasteiger partial charge in [0.15, 0.2) is 0 Å². The van der Waals surface area contributed by atoms with E-state index in [1.807, 2.05) is 6.92 Å². The van der Waals surface area contributed by atoms with Gasteiger partial charge in [0, 0.05) is 6.54 Å². The summed E-state index contributed by atoms with van der Waals surface area (Å²) in [5.41, 5.74) is -0.945. The predicted molar refractivity (Wildman–Crippen MR) is 69.5 cm³/mol. The zero-order chi connectivity index (χ0) is 14.8. The second-order valence-electron chi connectivity index (χ2n) is 4.01. The lowest BCUT2D eigenvalue weighted by atomic mass is 10.1. The number of benzene rings is 1. The lowest BCUT2D eigenvalue weighted by molar-refractivity contribution is -0.136. The molecule has 1 aromatic carbocycles. The molecule has 8 heteroatoms. The number of para-hydroxylation sites is 1. The first-order chi connectivity index (χ1) is 9.43. The maximum Gasteiger partial charge on any atom is 0.418 e. The maximum atomic E-state index is 12.9. The summed E-state index contributed by atoms with van der Waals surface area (Å²) in [6.07, 6.45) is -3.11. The van der Waals surface area contributed by atoms with Gasteiger partial charge in [0.2, 0.25) is 0 Å². The molecular weight excluding hydrogens is 293 g/mol. The van der Waals surface area contributed by atoms with E-state index in [9.17, 15) is 13.2 Å². The molecule has 0 fully saturated rings. The van der Waals surface area contributed by atoms with Gasteiger partial charge in [-0.3, -0.25) is 0 Å². The third-order valence-electron chi connectivity index (χ3n) is 2.74. The summed E-state index contributed by atoms with van der Waals surface area (Å²) in [5.74, 6) is 0.542. The summed E-state index contributed by atoms with van der Waals surface area (Å²) in [6, 6.07) is 3.66. The molecular formula is C12H12ClF3N4. The van der Waals surface area contributed by atoms with Gasteiger partial charge < -0.3 is 5.32 Å². The minimum Gasteiger partial charge on any atom is -0.376 e. The van der Waals surface area contributed by atoms with E-state index in [2.05, 4.69) is 15.4 Å². The van der Waals surface area contributed by atoms with Crippen LogP contribution in [0.3, 0.4) is 0 Å². The van der Waals surface area contributed by atoms with Gasteiger partial charge in [-0.05, 0) is 19.1 Å². The molecule has 4 nitrogen and oxygen atoms in total. The molecule has 0 aliphatic carbocycles. The first-order valence-electron chi connectivity index (χ1n) is 5.89. The molecule has 0 saturated heterocycles. The standard InChI is InChI=1S/C12H12ClF3N4/c1-2-20-10(18-7-19-20)6-17-11-8(12(14,15)16)4-3-5-9(11)13/h3-5,7,17H,2,6H2,1H3. The fourth-order valence-electron chi connectivity index (χ4n) is 1.80. The fraction of sp³-hybridized carbons (Fsp3) is 0.333. The highest BCUT2D eigenvalue weighted by atomic mass is 35.5. The smallest absolute Gasteiger partial charge is 0.376 e. The van der Waals surface area contributed by atoms with Crippen molar-refractivity contribution in [1.82, 2.24) is 14.8 Å². The second kappa shape index (κ2) is 5.70. The van der Waals surface area contributed by atoms with E-state index in [1.165, 1.54) is 18.5 Å². The van der Waals surface area contributed by atoms with Crippen LogP contribution >= 0.6 is 11.6 Å². The van der Waals surface area contributed by atoms with Crippen LogP contribution in [0.2, 0.25) is 5.02 Å². The van der Waals surface area contributed by atoms with E-state index in [0.29, 0.717) is 12.4 Å². The van der Waals surface area contributed by atoms with E-state index < -0.39 is 11.7 Å². The molecule has 1 aromatic heterocycles. The van der Waals surface area contributed by atoms with E-state index in [1.54, 1.807) is 4.68 Å². The zero-order valence-corrected chi connectivity index (χ0v) is 11.3. The Bertz CT molecular complexity index is 595. The number of nitrogens with zero attached hydrogens (tertiary/aromatic N) is 3. The van der Waals surface area contributed by atoms with E-state index in [0.717, 1.165) is 6.07 Å². The third kappa shape index (κ3) is 3.04. The Kier molecular flexibility index (Phi) is 4.17. The van der Waals surface area contributed by atoms with Crippen LogP contribution in [0.25, 0.3) is 0 Å². The molecule has 0 aliphatic rings. The van der Waals surface area contributed by atoms with Crippen molar-refractivity contribution in [3.63, 3.8) is 0 Å². The lowest BCUT2D eigenvalue weighted by Gasteiger charge is -2.15. The number of hydrogen-bond donors (Lipinski definition) is 1. The molecule has 0 amide bonds. The van der Waals surface area contributed by atoms with Crippen LogP contribution in [0.1, 0.15) is 18.3 Å². The largest absolute Gasteiger partial charge is 0.418 e. The molecule has 0 saturated carbocycles. The van der Waals surface area contributed by atoms with Crippen molar-refractivity contribution in [1.29, 1.82) is 0 Å². The molecule has 1 heterocycles. The molecule has 0 spiro atoms. The van der Waals surface area contributed by atoms with Crippen molar-refractivity contribution >= 4 is 17.3 Å². The number of rotatable bonds is 4. The Morgan fingerprint density at radius 2 is 2.10 bits per heavy atom. The average molecular weight is 305 g/mol. The Morgan fingerprint density at radius 3 is 2.75 bits per heavy atom. The van der Waals surface area contributed by atoms with Crippen molar-refractivity contribution < 1.29 is 13.2 Å². The van der Waals surface area contributed by atoms with Gasteiger partial charge in [-0.2, -0.15) is 18.3 Å². The van der Waals surface area contributed by atoms with E-state index in [4.69, 9.17) is 11.6 Å². The Hall–Kier alpha value is -1.76. The maximum absolute atomic E-state index is 12.9. The number of halogens is 4. The lowest BCUT2D eigenvalue weighted by Crippen LogP contribution is -2.14. The number of nitrogens with one attached hydrogen (secondary N) is 1. The van der Waals surface area contributed by atoms with Crippen molar-refractivity contribution in [2.24, 2.45) is 0 Å². The molecule has 2 rings (SSSR count). The van der Waals surface area contributed by atoms with Gasteiger partial charge in [-0.1, -0.05) is 17.7 Å². The molecule has 0 radical (unpaired) electrons. The van der Waals surface area contributed by atoms with Gasteiger partial charge in [0.1, 0.15) is 12.2 Å². The number of hydrogen-bond acceptors (Lipinski definition) is 3. The van der Waals surface area contributed by atoms with Gasteiger partial charge >= 0.3 is 6.18 Å². The van der Waals surface area contributed by atoms with Crippen molar-refractivity contribution in [2.45, 2.75) is 26.2 Å². The summed E-state index contributed by atoms with van der Waals surface area (Å²) in [7, 11) is 0. The summed E-state index contributed by atoms with van der Waals surface area (Å²) in [6.45, 7) is 2.57. The number of anilines is 1. The summed E-state index contributed by atoms with van der Waals surface area (Å²) in [4.78, 5) is 3.99. The minimum absolute atomic E-state index is 0.0161. The second-order valence-corrected chi connectivity index (χ2v) is 4.41. The highest BCUT2D eigenvalue weighted by Gasteiger charge is 2.34. The highest BCUT2D eigenvalue weighted by Crippen LogP contribution is 2.38. The molecule has 0 aliphatic heterocycles. The first kappa shape index (κ1) is 14.6. The monoisotopic (exact) mass is 304 g/mol. The van der Waals surface area contributed by atoms with Gasteiger partial charge in [0.05, 0.1) is 22.8 Å². The molecule has 20 heavy (non-hydrogen) atoms. The molecule has 0 atom stereocenters. The molecule has 0 bridgehead atoms. The molecule has 0 unspecified atom stereocenters. The number of aromatic nitrogens is 3. The quantitative estimate of drug-likeness (QED) is 0.939. The van der Waals surface area contributed by atoms with Crippen LogP contribution in [0.4, 0.5) is 18.9 Å². The Labute approximate surface area is 118 Å². The van der Waals surface area contributed by atoms with Gasteiger partial charge in [-0.15, -0.1) is 0 Å². The number of alkyl halides is 3. The van der Waals surface area contributed by atoms with Crippen LogP contribution in [0, 0.1) is 0 Å². The van der Waals surface area contributed by atoms with Crippen molar-refractivity contribution in [2.75, 3.05) is 5.32 Å². The van der Waals surface area contributed by atoms with Gasteiger partial charge in [-0.25, -0.2) is 9.67 Å². The van der Waals surface area contributed by atoms with Crippen LogP contribution in [0.15, 0.2) is 24.5 Å². The van der Waals surface area contributed by atoms with Gasteiger partial charge in [0.25, 0.3) is 0 Å². The van der Waals surface area contributed by atoms with Crippen LogP contribution in [-0.2, 0) is 19.3 Å². The first-order valence-corrected chi connectivity index (χ1v) is 6.27. The summed E-state index contributed by atoms with van der Waals surface area (Å²) >= 11 is 5.84. The number of aryl methyl sites for hydroxylation is 1. The molecule has 2 aromatic rings. The summed E-state index contributed by atoms with van der Waals surface area (Å²) in [5, 5.41) is 6.66. The normalized spacial score (nSPS) is 11.7. The van der Waals surface area contributed by atoms with E-state index >= 15 is 0 Å². The topological polar surface area (TPSA) is 42.7 Å². The third-order valence-corrected chi connectivity index (χ3v) is 3.05. The van der Waals surface area contributed by atoms with Crippen LogP contribution < -0.4 is 5.32 Å². The van der Waals surface area contributed by atoms with Crippen LogP contribution in [0.5, 0.6) is 0 Å². The SMILES string of the molecule is CCn1ncnc1CNc1c(Cl)cccc1C(F)(F)F. The minimum atomic E-state index is -4.47. The van der Waals surface area contributed by atoms with Crippen LogP contribution in [-0.4, -0.2) is 14.8 Å². The predicted octanol–water partition coefficient (Wildman–Crippen LogP) is 3.58. The Morgan fingerprint density at radius 1 is 1.35 bits per heavy atom. The van der Waals surface area contributed by atoms with Crippen molar-refractivity contribution in [3.05, 3.63) is 40.9 Å². The zero-order valence-electron chi connectivity index (χ0n) is 10.6. The average Bonchev–Trinajstić information content (AvgIpc) is 2.83. The van der Waals surface area contributed by atoms with Crippen molar-refractivity contribution in [3.8, 4) is 0 Å². The Balaban J connectivity index is 2.25. The summed E-state index contributed by atoms with van der Waals surface area (Å²) < 4.78 is 40.3. The molecule has 108 valence electrons. The molecule has 1 N–H and O–H groups in total. The highest BCUT2D eigenvalue weighted by molar-refractivity contribution is 6.33. The van der Waals surface area contributed by atoms with E-state index in [-0.39, 0.29) is 17.3 Å². The fourth-order valence-corrected chi connectivity index (χ4v) is 2.04.